The molecule has 1 amide bonds. The fourth-order valence-corrected chi connectivity index (χ4v) is 2.27. The number of carbonyl (C=O) groups excluding carboxylic acids is 1. The van der Waals surface area contributed by atoms with Gasteiger partial charge in [-0.1, -0.05) is 30.3 Å². The SMILES string of the molecule is NC(CCc1ccccc1)C(=O)N1CC[C@@H](O)C1. The van der Waals surface area contributed by atoms with Crippen molar-refractivity contribution in [2.24, 2.45) is 5.73 Å². The van der Waals surface area contributed by atoms with Crippen LogP contribution in [-0.2, 0) is 11.2 Å². The number of benzene rings is 1. The van der Waals surface area contributed by atoms with Gasteiger partial charge in [0.15, 0.2) is 0 Å². The van der Waals surface area contributed by atoms with Gasteiger partial charge in [0.05, 0.1) is 12.1 Å². The quantitative estimate of drug-likeness (QED) is 0.817. The summed E-state index contributed by atoms with van der Waals surface area (Å²) in [7, 11) is 0. The maximum Gasteiger partial charge on any atom is 0.239 e. The molecule has 1 aliphatic rings. The summed E-state index contributed by atoms with van der Waals surface area (Å²) in [5.74, 6) is -0.0394. The number of aliphatic hydroxyl groups is 1. The molecule has 0 aromatic heterocycles. The van der Waals surface area contributed by atoms with Gasteiger partial charge in [-0.3, -0.25) is 4.79 Å². The molecule has 98 valence electrons. The lowest BCUT2D eigenvalue weighted by Crippen LogP contribution is -2.43. The maximum atomic E-state index is 12.0. The lowest BCUT2D eigenvalue weighted by Gasteiger charge is -2.20. The molecular weight excluding hydrogens is 228 g/mol. The van der Waals surface area contributed by atoms with Crippen molar-refractivity contribution in [1.29, 1.82) is 0 Å². The highest BCUT2D eigenvalue weighted by Gasteiger charge is 2.27. The molecule has 4 nitrogen and oxygen atoms in total. The number of nitrogens with two attached hydrogens (primary N) is 1. The number of aliphatic hydroxyl groups excluding tert-OH is 1. The molecule has 1 aromatic carbocycles. The summed E-state index contributed by atoms with van der Waals surface area (Å²) in [4.78, 5) is 13.7. The number of nitrogens with zero attached hydrogens (tertiary/aromatic N) is 1. The van der Waals surface area contributed by atoms with E-state index in [0.29, 0.717) is 25.9 Å². The van der Waals surface area contributed by atoms with E-state index in [9.17, 15) is 9.90 Å². The highest BCUT2D eigenvalue weighted by Crippen LogP contribution is 2.12. The molecule has 0 saturated carbocycles. The number of aryl methyl sites for hydroxylation is 1. The molecule has 0 aliphatic carbocycles. The van der Waals surface area contributed by atoms with Gasteiger partial charge in [-0.05, 0) is 24.8 Å². The van der Waals surface area contributed by atoms with Gasteiger partial charge in [0, 0.05) is 13.1 Å². The average Bonchev–Trinajstić information content (AvgIpc) is 2.83. The minimum atomic E-state index is -0.462. The van der Waals surface area contributed by atoms with E-state index in [1.807, 2.05) is 30.3 Å². The molecule has 1 fully saturated rings. The van der Waals surface area contributed by atoms with Crippen LogP contribution in [0.3, 0.4) is 0 Å². The van der Waals surface area contributed by atoms with Crippen molar-refractivity contribution < 1.29 is 9.90 Å². The van der Waals surface area contributed by atoms with Gasteiger partial charge in [0.2, 0.25) is 5.91 Å². The van der Waals surface area contributed by atoms with E-state index in [0.717, 1.165) is 6.42 Å². The Balaban J connectivity index is 1.81. The first kappa shape index (κ1) is 13.1. The molecule has 1 unspecified atom stereocenters. The summed E-state index contributed by atoms with van der Waals surface area (Å²) in [6.07, 6.45) is 1.74. The molecule has 1 heterocycles. The van der Waals surface area contributed by atoms with Gasteiger partial charge >= 0.3 is 0 Å². The third-order valence-corrected chi connectivity index (χ3v) is 3.38. The highest BCUT2D eigenvalue weighted by molar-refractivity contribution is 5.81. The summed E-state index contributed by atoms with van der Waals surface area (Å²) in [6, 6.07) is 9.56. The van der Waals surface area contributed by atoms with Gasteiger partial charge in [-0.2, -0.15) is 0 Å². The second-order valence-corrected chi connectivity index (χ2v) is 4.86. The maximum absolute atomic E-state index is 12.0. The highest BCUT2D eigenvalue weighted by atomic mass is 16.3. The van der Waals surface area contributed by atoms with Gasteiger partial charge in [-0.15, -0.1) is 0 Å². The van der Waals surface area contributed by atoms with Crippen molar-refractivity contribution >= 4 is 5.91 Å². The van der Waals surface area contributed by atoms with E-state index in [1.165, 1.54) is 5.56 Å². The first-order valence-corrected chi connectivity index (χ1v) is 6.43. The van der Waals surface area contributed by atoms with Crippen molar-refractivity contribution in [1.82, 2.24) is 4.90 Å². The zero-order valence-corrected chi connectivity index (χ0v) is 10.5. The molecule has 3 N–H and O–H groups in total. The predicted molar refractivity (Wildman–Crippen MR) is 69.9 cm³/mol. The minimum absolute atomic E-state index is 0.0394. The molecular formula is C14H20N2O2. The van der Waals surface area contributed by atoms with Gasteiger partial charge in [0.25, 0.3) is 0 Å². The summed E-state index contributed by atoms with van der Waals surface area (Å²) >= 11 is 0. The Labute approximate surface area is 107 Å². The molecule has 18 heavy (non-hydrogen) atoms. The van der Waals surface area contributed by atoms with E-state index in [4.69, 9.17) is 5.73 Å². The molecule has 1 aliphatic heterocycles. The zero-order valence-electron chi connectivity index (χ0n) is 10.5. The molecule has 0 radical (unpaired) electrons. The lowest BCUT2D eigenvalue weighted by molar-refractivity contribution is -0.132. The van der Waals surface area contributed by atoms with Crippen LogP contribution in [0.5, 0.6) is 0 Å². The topological polar surface area (TPSA) is 66.6 Å². The van der Waals surface area contributed by atoms with E-state index < -0.39 is 6.04 Å². The van der Waals surface area contributed by atoms with Crippen LogP contribution in [-0.4, -0.2) is 41.1 Å². The second kappa shape index (κ2) is 5.98. The van der Waals surface area contributed by atoms with Crippen LogP contribution in [0.2, 0.25) is 0 Å². The van der Waals surface area contributed by atoms with Gasteiger partial charge in [0.1, 0.15) is 0 Å². The number of β-amino-alcohol motifs (C(OH)–C–C–N with tert-alkyl or cyclic N) is 1. The molecule has 4 heteroatoms. The summed E-state index contributed by atoms with van der Waals surface area (Å²) < 4.78 is 0. The van der Waals surface area contributed by atoms with Crippen molar-refractivity contribution in [3.05, 3.63) is 35.9 Å². The average molecular weight is 248 g/mol. The number of hydrogen-bond donors (Lipinski definition) is 2. The fraction of sp³-hybridized carbons (Fsp3) is 0.500. The Kier molecular flexibility index (Phi) is 4.33. The van der Waals surface area contributed by atoms with Crippen LogP contribution >= 0.6 is 0 Å². The molecule has 0 spiro atoms. The van der Waals surface area contributed by atoms with Crippen LogP contribution in [0, 0.1) is 0 Å². The second-order valence-electron chi connectivity index (χ2n) is 4.86. The summed E-state index contributed by atoms with van der Waals surface area (Å²) in [5, 5.41) is 9.40. The van der Waals surface area contributed by atoms with Crippen molar-refractivity contribution in [2.75, 3.05) is 13.1 Å². The Morgan fingerprint density at radius 2 is 2.17 bits per heavy atom. The molecule has 1 saturated heterocycles. The Morgan fingerprint density at radius 1 is 1.44 bits per heavy atom. The van der Waals surface area contributed by atoms with E-state index >= 15 is 0 Å². The van der Waals surface area contributed by atoms with Crippen molar-refractivity contribution in [3.63, 3.8) is 0 Å². The standard InChI is InChI=1S/C14H20N2O2/c15-13(7-6-11-4-2-1-3-5-11)14(18)16-9-8-12(17)10-16/h1-5,12-13,17H,6-10,15H2/t12-,13?/m1/s1. The Bertz CT molecular complexity index is 394. The molecule has 2 rings (SSSR count). The zero-order chi connectivity index (χ0) is 13.0. The van der Waals surface area contributed by atoms with Crippen LogP contribution in [0.15, 0.2) is 30.3 Å². The van der Waals surface area contributed by atoms with Crippen LogP contribution in [0.1, 0.15) is 18.4 Å². The Hall–Kier alpha value is -1.39. The van der Waals surface area contributed by atoms with E-state index in [2.05, 4.69) is 0 Å². The fourth-order valence-electron chi connectivity index (χ4n) is 2.27. The lowest BCUT2D eigenvalue weighted by atomic mass is 10.1. The molecule has 1 aromatic rings. The third-order valence-electron chi connectivity index (χ3n) is 3.38. The first-order chi connectivity index (χ1) is 8.66. The summed E-state index contributed by atoms with van der Waals surface area (Å²) in [6.45, 7) is 1.05. The number of likely N-dealkylation sites (tertiary alicyclic amines) is 1. The minimum Gasteiger partial charge on any atom is -0.391 e. The number of amides is 1. The third kappa shape index (κ3) is 3.31. The molecule has 2 atom stereocenters. The predicted octanol–water partition coefficient (Wildman–Crippen LogP) is 0.540. The first-order valence-electron chi connectivity index (χ1n) is 6.43. The van der Waals surface area contributed by atoms with Crippen LogP contribution < -0.4 is 5.73 Å². The number of rotatable bonds is 4. The largest absolute Gasteiger partial charge is 0.391 e. The molecule has 0 bridgehead atoms. The van der Waals surface area contributed by atoms with Gasteiger partial charge < -0.3 is 15.7 Å². The normalized spacial score (nSPS) is 21.0. The van der Waals surface area contributed by atoms with Crippen LogP contribution in [0.25, 0.3) is 0 Å². The van der Waals surface area contributed by atoms with Crippen LogP contribution in [0.4, 0.5) is 0 Å². The van der Waals surface area contributed by atoms with Crippen molar-refractivity contribution in [2.45, 2.75) is 31.4 Å². The van der Waals surface area contributed by atoms with E-state index in [-0.39, 0.29) is 12.0 Å². The Morgan fingerprint density at radius 3 is 2.78 bits per heavy atom. The number of hydrogen-bond acceptors (Lipinski definition) is 3. The van der Waals surface area contributed by atoms with E-state index in [1.54, 1.807) is 4.90 Å². The van der Waals surface area contributed by atoms with Crippen molar-refractivity contribution in [3.8, 4) is 0 Å². The summed E-state index contributed by atoms with van der Waals surface area (Å²) in [5.41, 5.74) is 7.11. The smallest absolute Gasteiger partial charge is 0.239 e. The van der Waals surface area contributed by atoms with Gasteiger partial charge in [-0.25, -0.2) is 0 Å². The number of carbonyl (C=O) groups is 1. The monoisotopic (exact) mass is 248 g/mol.